The fourth-order valence-electron chi connectivity index (χ4n) is 1.57. The van der Waals surface area contributed by atoms with Crippen molar-refractivity contribution in [3.63, 3.8) is 0 Å². The Bertz CT molecular complexity index is 625. The van der Waals surface area contributed by atoms with Crippen molar-refractivity contribution < 1.29 is 9.84 Å². The van der Waals surface area contributed by atoms with Gasteiger partial charge in [-0.2, -0.15) is 22.4 Å². The van der Waals surface area contributed by atoms with Crippen LogP contribution in [0.1, 0.15) is 5.69 Å². The zero-order valence-corrected chi connectivity index (χ0v) is 10.6. The molecule has 94 valence electrons. The summed E-state index contributed by atoms with van der Waals surface area (Å²) in [7, 11) is 1.52. The third-order valence-corrected chi connectivity index (χ3v) is 2.75. The zero-order valence-electron chi connectivity index (χ0n) is 9.70. The lowest BCUT2D eigenvalue weighted by Gasteiger charge is -2.10. The van der Waals surface area contributed by atoms with Crippen LogP contribution in [0.4, 0.5) is 0 Å². The van der Waals surface area contributed by atoms with Crippen molar-refractivity contribution >= 4 is 12.6 Å². The van der Waals surface area contributed by atoms with E-state index in [-0.39, 0.29) is 11.5 Å². The number of aromatic hydroxyl groups is 1. The van der Waals surface area contributed by atoms with Crippen LogP contribution in [0.15, 0.2) is 35.1 Å². The Morgan fingerprint density at radius 1 is 1.44 bits per heavy atom. The van der Waals surface area contributed by atoms with E-state index in [1.165, 1.54) is 11.8 Å². The van der Waals surface area contributed by atoms with Gasteiger partial charge in [0.1, 0.15) is 22.9 Å². The molecule has 1 aromatic carbocycles. The minimum Gasteiger partial charge on any atom is -0.506 e. The molecule has 0 unspecified atom stereocenters. The average Bonchev–Trinajstić information content (AvgIpc) is 2.39. The highest BCUT2D eigenvalue weighted by Gasteiger charge is 2.11. The van der Waals surface area contributed by atoms with Gasteiger partial charge in [0.05, 0.1) is 7.11 Å². The van der Waals surface area contributed by atoms with Crippen LogP contribution in [0.2, 0.25) is 0 Å². The molecule has 6 heteroatoms. The first-order valence-corrected chi connectivity index (χ1v) is 5.87. The van der Waals surface area contributed by atoms with Crippen LogP contribution in [0.3, 0.4) is 0 Å². The Kier molecular flexibility index (Phi) is 3.57. The van der Waals surface area contributed by atoms with E-state index in [1.54, 1.807) is 24.3 Å². The summed E-state index contributed by atoms with van der Waals surface area (Å²) in [6.07, 6.45) is 0. The molecule has 2 rings (SSSR count). The standard InChI is InChI=1S/C12H12N2O3S/c1-17-11-5-3-2-4-9(11)14-12(16)6-10(15)8(7-18)13-14/h2-6,15,18H,7H2,1H3. The second-order valence-corrected chi connectivity index (χ2v) is 3.87. The van der Waals surface area contributed by atoms with E-state index >= 15 is 0 Å². The Hall–Kier alpha value is -1.95. The number of nitrogens with zero attached hydrogens (tertiary/aromatic N) is 2. The Labute approximate surface area is 109 Å². The number of ether oxygens (including phenoxy) is 1. The lowest BCUT2D eigenvalue weighted by Crippen LogP contribution is -2.21. The third kappa shape index (κ3) is 2.19. The first-order chi connectivity index (χ1) is 8.67. The highest BCUT2D eigenvalue weighted by Crippen LogP contribution is 2.21. The van der Waals surface area contributed by atoms with E-state index in [9.17, 15) is 9.90 Å². The number of hydrogen-bond acceptors (Lipinski definition) is 5. The normalized spacial score (nSPS) is 10.3. The summed E-state index contributed by atoms with van der Waals surface area (Å²) in [6, 6.07) is 8.14. The molecule has 1 N–H and O–H groups in total. The molecule has 0 radical (unpaired) electrons. The zero-order chi connectivity index (χ0) is 13.1. The lowest BCUT2D eigenvalue weighted by molar-refractivity contribution is 0.410. The number of para-hydroxylation sites is 2. The van der Waals surface area contributed by atoms with Gasteiger partial charge in [0.2, 0.25) is 0 Å². The number of aromatic nitrogens is 2. The molecular formula is C12H12N2O3S. The van der Waals surface area contributed by atoms with Gasteiger partial charge in [-0.3, -0.25) is 4.79 Å². The minimum absolute atomic E-state index is 0.152. The van der Waals surface area contributed by atoms with E-state index in [2.05, 4.69) is 17.7 Å². The monoisotopic (exact) mass is 264 g/mol. The molecule has 0 fully saturated rings. The molecule has 2 aromatic rings. The van der Waals surface area contributed by atoms with Crippen LogP contribution < -0.4 is 10.3 Å². The first-order valence-electron chi connectivity index (χ1n) is 5.24. The summed E-state index contributed by atoms with van der Waals surface area (Å²) in [5.41, 5.74) is 0.430. The summed E-state index contributed by atoms with van der Waals surface area (Å²) < 4.78 is 6.36. The van der Waals surface area contributed by atoms with Gasteiger partial charge in [-0.1, -0.05) is 12.1 Å². The van der Waals surface area contributed by atoms with Gasteiger partial charge in [0, 0.05) is 11.8 Å². The largest absolute Gasteiger partial charge is 0.506 e. The van der Waals surface area contributed by atoms with Gasteiger partial charge in [0.15, 0.2) is 0 Å². The van der Waals surface area contributed by atoms with Crippen molar-refractivity contribution in [2.75, 3.05) is 7.11 Å². The number of hydrogen-bond donors (Lipinski definition) is 2. The minimum atomic E-state index is -0.428. The van der Waals surface area contributed by atoms with Crippen molar-refractivity contribution in [2.45, 2.75) is 5.75 Å². The number of methoxy groups -OCH3 is 1. The van der Waals surface area contributed by atoms with E-state index in [0.717, 1.165) is 6.07 Å². The molecule has 0 aliphatic heterocycles. The van der Waals surface area contributed by atoms with E-state index < -0.39 is 5.56 Å². The van der Waals surface area contributed by atoms with Crippen molar-refractivity contribution in [1.82, 2.24) is 9.78 Å². The average molecular weight is 264 g/mol. The van der Waals surface area contributed by atoms with E-state index in [1.807, 2.05) is 0 Å². The van der Waals surface area contributed by atoms with Crippen LogP contribution in [0.5, 0.6) is 11.5 Å². The molecule has 0 atom stereocenters. The molecule has 0 spiro atoms. The van der Waals surface area contributed by atoms with Gasteiger partial charge in [-0.25, -0.2) is 0 Å². The molecule has 0 saturated heterocycles. The molecule has 0 bridgehead atoms. The van der Waals surface area contributed by atoms with Gasteiger partial charge in [-0.15, -0.1) is 0 Å². The molecule has 0 saturated carbocycles. The van der Waals surface area contributed by atoms with Gasteiger partial charge in [0.25, 0.3) is 5.56 Å². The van der Waals surface area contributed by atoms with Crippen molar-refractivity contribution in [1.29, 1.82) is 0 Å². The van der Waals surface area contributed by atoms with Crippen LogP contribution in [0.25, 0.3) is 5.69 Å². The fourth-order valence-corrected chi connectivity index (χ4v) is 1.80. The predicted molar refractivity (Wildman–Crippen MR) is 70.7 cm³/mol. The topological polar surface area (TPSA) is 64.3 Å². The SMILES string of the molecule is COc1ccccc1-n1nc(CS)c(O)cc1=O. The van der Waals surface area contributed by atoms with Gasteiger partial charge < -0.3 is 9.84 Å². The predicted octanol–water partition coefficient (Wildman–Crippen LogP) is 1.38. The molecule has 0 aliphatic carbocycles. The van der Waals surface area contributed by atoms with Crippen LogP contribution in [-0.4, -0.2) is 22.0 Å². The van der Waals surface area contributed by atoms with Crippen LogP contribution in [0, 0.1) is 0 Å². The summed E-state index contributed by atoms with van der Waals surface area (Å²) in [4.78, 5) is 11.8. The number of thiol groups is 1. The van der Waals surface area contributed by atoms with E-state index in [4.69, 9.17) is 4.74 Å². The van der Waals surface area contributed by atoms with Crippen molar-refractivity contribution in [3.05, 3.63) is 46.4 Å². The quantitative estimate of drug-likeness (QED) is 0.822. The maximum Gasteiger partial charge on any atom is 0.275 e. The molecule has 0 amide bonds. The van der Waals surface area contributed by atoms with Crippen LogP contribution >= 0.6 is 12.6 Å². The fraction of sp³-hybridized carbons (Fsp3) is 0.167. The first kappa shape index (κ1) is 12.5. The molecular weight excluding hydrogens is 252 g/mol. The Morgan fingerprint density at radius 3 is 2.83 bits per heavy atom. The van der Waals surface area contributed by atoms with Gasteiger partial charge >= 0.3 is 0 Å². The van der Waals surface area contributed by atoms with Crippen LogP contribution in [-0.2, 0) is 5.75 Å². The van der Waals surface area contributed by atoms with Crippen molar-refractivity contribution in [2.24, 2.45) is 0 Å². The maximum absolute atomic E-state index is 11.8. The number of rotatable bonds is 3. The molecule has 18 heavy (non-hydrogen) atoms. The summed E-state index contributed by atoms with van der Waals surface area (Å²) >= 11 is 4.05. The summed E-state index contributed by atoms with van der Waals surface area (Å²) in [5.74, 6) is 0.616. The number of benzene rings is 1. The Morgan fingerprint density at radius 2 is 2.17 bits per heavy atom. The third-order valence-electron chi connectivity index (χ3n) is 2.45. The second-order valence-electron chi connectivity index (χ2n) is 3.56. The smallest absolute Gasteiger partial charge is 0.275 e. The van der Waals surface area contributed by atoms with E-state index in [0.29, 0.717) is 17.1 Å². The van der Waals surface area contributed by atoms with Gasteiger partial charge in [-0.05, 0) is 12.1 Å². The summed E-state index contributed by atoms with van der Waals surface area (Å²) in [5, 5.41) is 13.6. The highest BCUT2D eigenvalue weighted by atomic mass is 32.1. The lowest BCUT2D eigenvalue weighted by atomic mass is 10.3. The molecule has 1 heterocycles. The molecule has 1 aromatic heterocycles. The highest BCUT2D eigenvalue weighted by molar-refractivity contribution is 7.79. The van der Waals surface area contributed by atoms with Crippen molar-refractivity contribution in [3.8, 4) is 17.2 Å². The molecule has 5 nitrogen and oxygen atoms in total. The Balaban J connectivity index is 2.67. The summed E-state index contributed by atoms with van der Waals surface area (Å²) in [6.45, 7) is 0. The molecule has 0 aliphatic rings. The second kappa shape index (κ2) is 5.14. The maximum atomic E-state index is 11.8.